The molecule has 0 aliphatic rings. The highest BCUT2D eigenvalue weighted by atomic mass is 32.2. The monoisotopic (exact) mass is 420 g/mol. The molecule has 0 spiro atoms. The second kappa shape index (κ2) is 9.39. The molecule has 0 aromatic heterocycles. The molecule has 0 saturated carbocycles. The zero-order valence-corrected chi connectivity index (χ0v) is 18.6. The number of hydrogen-bond acceptors (Lipinski definition) is 4. The van der Waals surface area contributed by atoms with Gasteiger partial charge in [0.1, 0.15) is 12.3 Å². The van der Waals surface area contributed by atoms with Gasteiger partial charge in [-0.15, -0.1) is 0 Å². The minimum atomic E-state index is -3.57. The number of likely N-dealkylation sites (N-methyl/N-ethyl adjacent to an activating group) is 1. The van der Waals surface area contributed by atoms with Gasteiger partial charge in [-0.25, -0.2) is 12.7 Å². The van der Waals surface area contributed by atoms with Crippen LogP contribution in [-0.4, -0.2) is 52.9 Å². The molecule has 0 radical (unpaired) electrons. The van der Waals surface area contributed by atoms with Gasteiger partial charge >= 0.3 is 0 Å². The number of carbonyl (C=O) groups is 1. The summed E-state index contributed by atoms with van der Waals surface area (Å²) in [5.74, 6) is 0.608. The molecule has 0 saturated heterocycles. The van der Waals surface area contributed by atoms with E-state index in [0.717, 1.165) is 26.1 Å². The average Bonchev–Trinajstić information content (AvgIpc) is 2.69. The molecule has 2 rings (SSSR count). The maximum atomic E-state index is 12.8. The first-order valence-electron chi connectivity index (χ1n) is 9.36. The first-order chi connectivity index (χ1) is 13.6. The number of nitrogens with one attached hydrogen (secondary N) is 2. The normalized spacial score (nSPS) is 13.8. The molecule has 2 aromatic carbocycles. The molecule has 2 atom stereocenters. The topological polar surface area (TPSA) is 80.1 Å². The van der Waals surface area contributed by atoms with Gasteiger partial charge in [-0.05, 0) is 43.7 Å². The van der Waals surface area contributed by atoms with Crippen molar-refractivity contribution in [1.82, 2.24) is 4.31 Å². The van der Waals surface area contributed by atoms with Crippen molar-refractivity contribution in [3.63, 3.8) is 0 Å². The molecule has 0 aliphatic carbocycles. The third kappa shape index (κ3) is 5.35. The second-order valence-electron chi connectivity index (χ2n) is 7.31. The molecule has 0 bridgehead atoms. The Morgan fingerprint density at radius 3 is 2.48 bits per heavy atom. The Morgan fingerprint density at radius 1 is 1.21 bits per heavy atom. The van der Waals surface area contributed by atoms with E-state index in [1.807, 2.05) is 45.2 Å². The van der Waals surface area contributed by atoms with Crippen LogP contribution in [0.4, 0.5) is 5.69 Å². The van der Waals surface area contributed by atoms with Crippen LogP contribution in [0.1, 0.15) is 18.1 Å². The third-order valence-corrected chi connectivity index (χ3v) is 6.85. The zero-order valence-electron chi connectivity index (χ0n) is 17.8. The number of ether oxygens (including phenoxy) is 1. The van der Waals surface area contributed by atoms with E-state index in [1.54, 1.807) is 19.2 Å². The van der Waals surface area contributed by atoms with Gasteiger partial charge in [-0.3, -0.25) is 4.79 Å². The van der Waals surface area contributed by atoms with Gasteiger partial charge < -0.3 is 15.0 Å². The fraction of sp³-hybridized carbons (Fsp3) is 0.381. The summed E-state index contributed by atoms with van der Waals surface area (Å²) in [5, 5.41) is 2.88. The summed E-state index contributed by atoms with van der Waals surface area (Å²) >= 11 is 0. The summed E-state index contributed by atoms with van der Waals surface area (Å²) in [6.45, 7) is 4.29. The van der Waals surface area contributed by atoms with Crippen LogP contribution in [-0.2, 0) is 21.4 Å². The molecule has 2 aromatic rings. The van der Waals surface area contributed by atoms with Gasteiger partial charge in [0.25, 0.3) is 5.91 Å². The van der Waals surface area contributed by atoms with Crippen LogP contribution in [0.2, 0.25) is 0 Å². The Morgan fingerprint density at radius 2 is 1.86 bits per heavy atom. The van der Waals surface area contributed by atoms with Crippen molar-refractivity contribution in [2.75, 3.05) is 33.6 Å². The van der Waals surface area contributed by atoms with Crippen LogP contribution in [0.25, 0.3) is 0 Å². The number of nitrogens with zero attached hydrogens (tertiary/aromatic N) is 1. The second-order valence-corrected chi connectivity index (χ2v) is 9.46. The fourth-order valence-corrected chi connectivity index (χ4v) is 3.80. The number of para-hydroxylation sites is 1. The van der Waals surface area contributed by atoms with Crippen LogP contribution >= 0.6 is 0 Å². The predicted molar refractivity (Wildman–Crippen MR) is 114 cm³/mol. The largest absolute Gasteiger partial charge is 0.496 e. The van der Waals surface area contributed by atoms with Crippen molar-refractivity contribution in [3.8, 4) is 5.75 Å². The maximum Gasteiger partial charge on any atom is 0.282 e. The highest BCUT2D eigenvalue weighted by molar-refractivity contribution is 7.89. The number of aryl methyl sites for hydroxylation is 1. The number of hydrogen-bond donors (Lipinski definition) is 2. The van der Waals surface area contributed by atoms with E-state index in [-0.39, 0.29) is 16.8 Å². The molecule has 8 heteroatoms. The van der Waals surface area contributed by atoms with Crippen molar-refractivity contribution in [3.05, 3.63) is 53.6 Å². The Bertz CT molecular complexity index is 974. The Labute approximate surface area is 173 Å². The van der Waals surface area contributed by atoms with Gasteiger partial charge in [0.15, 0.2) is 6.04 Å². The van der Waals surface area contributed by atoms with Crippen LogP contribution in [0.5, 0.6) is 5.75 Å². The van der Waals surface area contributed by atoms with E-state index < -0.39 is 10.0 Å². The van der Waals surface area contributed by atoms with Gasteiger partial charge in [-0.1, -0.05) is 18.2 Å². The summed E-state index contributed by atoms with van der Waals surface area (Å²) in [6, 6.07) is 12.1. The Balaban J connectivity index is 2.17. The Kier molecular flexibility index (Phi) is 7.40. The van der Waals surface area contributed by atoms with Crippen LogP contribution < -0.4 is 15.0 Å². The van der Waals surface area contributed by atoms with Crippen LogP contribution in [0, 0.1) is 6.92 Å². The molecule has 7 nitrogen and oxygen atoms in total. The van der Waals surface area contributed by atoms with E-state index in [9.17, 15) is 13.2 Å². The molecular formula is C21H30N3O4S+. The first-order valence-corrected chi connectivity index (χ1v) is 10.8. The van der Waals surface area contributed by atoms with E-state index in [1.165, 1.54) is 20.2 Å². The van der Waals surface area contributed by atoms with Gasteiger partial charge in [0, 0.05) is 25.3 Å². The summed E-state index contributed by atoms with van der Waals surface area (Å²) in [4.78, 5) is 14.0. The lowest BCUT2D eigenvalue weighted by molar-refractivity contribution is -0.907. The number of methoxy groups -OCH3 is 1. The lowest BCUT2D eigenvalue weighted by Crippen LogP contribution is -3.12. The average molecular weight is 421 g/mol. The molecule has 29 heavy (non-hydrogen) atoms. The minimum absolute atomic E-state index is 0.144. The number of sulfonamides is 1. The van der Waals surface area contributed by atoms with E-state index in [4.69, 9.17) is 4.74 Å². The fourth-order valence-electron chi connectivity index (χ4n) is 2.87. The lowest BCUT2D eigenvalue weighted by Gasteiger charge is -2.22. The summed E-state index contributed by atoms with van der Waals surface area (Å²) in [7, 11) is 2.95. The molecule has 2 N–H and O–H groups in total. The van der Waals surface area contributed by atoms with E-state index >= 15 is 0 Å². The molecule has 0 heterocycles. The summed E-state index contributed by atoms with van der Waals surface area (Å²) in [5.41, 5.74) is 2.31. The number of amides is 1. The molecular weight excluding hydrogens is 390 g/mol. The van der Waals surface area contributed by atoms with Crippen molar-refractivity contribution in [1.29, 1.82) is 0 Å². The standard InChI is InChI=1S/C21H29N3O4S/c1-15-11-12-18(29(26,27)23(3)4)13-19(15)22-21(25)16(2)24(5)14-17-9-7-8-10-20(17)28-6/h7-13,16H,14H2,1-6H3,(H,22,25)/p+1/t16-/m0/s1. The van der Waals surface area contributed by atoms with Gasteiger partial charge in [0.2, 0.25) is 10.0 Å². The number of anilines is 1. The number of quaternary nitrogens is 1. The summed E-state index contributed by atoms with van der Waals surface area (Å²) < 4.78 is 31.3. The molecule has 158 valence electrons. The van der Waals surface area contributed by atoms with Gasteiger partial charge in [-0.2, -0.15) is 0 Å². The van der Waals surface area contributed by atoms with Crippen molar-refractivity contribution < 1.29 is 22.8 Å². The Hall–Kier alpha value is -2.42. The lowest BCUT2D eigenvalue weighted by atomic mass is 10.1. The zero-order chi connectivity index (χ0) is 21.8. The van der Waals surface area contributed by atoms with Gasteiger partial charge in [0.05, 0.1) is 19.1 Å². The summed E-state index contributed by atoms with van der Waals surface area (Å²) in [6.07, 6.45) is 0. The molecule has 0 aliphatic heterocycles. The van der Waals surface area contributed by atoms with Crippen LogP contribution in [0.15, 0.2) is 47.4 Å². The minimum Gasteiger partial charge on any atom is -0.496 e. The van der Waals surface area contributed by atoms with Crippen LogP contribution in [0.3, 0.4) is 0 Å². The van der Waals surface area contributed by atoms with Crippen molar-refractivity contribution in [2.45, 2.75) is 31.3 Å². The highest BCUT2D eigenvalue weighted by Crippen LogP contribution is 2.22. The highest BCUT2D eigenvalue weighted by Gasteiger charge is 2.24. The number of carbonyl (C=O) groups excluding carboxylic acids is 1. The van der Waals surface area contributed by atoms with E-state index in [2.05, 4.69) is 5.32 Å². The third-order valence-electron chi connectivity index (χ3n) is 5.04. The predicted octanol–water partition coefficient (Wildman–Crippen LogP) is 1.30. The first kappa shape index (κ1) is 22.9. The molecule has 1 unspecified atom stereocenters. The molecule has 1 amide bonds. The quantitative estimate of drug-likeness (QED) is 0.675. The SMILES string of the molecule is COc1ccccc1C[NH+](C)[C@@H](C)C(=O)Nc1cc(S(=O)(=O)N(C)C)ccc1C. The smallest absolute Gasteiger partial charge is 0.282 e. The number of rotatable bonds is 8. The number of benzene rings is 2. The maximum absolute atomic E-state index is 12.8. The van der Waals surface area contributed by atoms with Crippen molar-refractivity contribution >= 4 is 21.6 Å². The molecule has 0 fully saturated rings. The van der Waals surface area contributed by atoms with Crippen molar-refractivity contribution in [2.24, 2.45) is 0 Å². The van der Waals surface area contributed by atoms with E-state index in [0.29, 0.717) is 12.2 Å².